The van der Waals surface area contributed by atoms with Gasteiger partial charge in [0.15, 0.2) is 0 Å². The maximum atomic E-state index is 12.7. The summed E-state index contributed by atoms with van der Waals surface area (Å²) in [5.41, 5.74) is 2.35. The summed E-state index contributed by atoms with van der Waals surface area (Å²) >= 11 is 0. The van der Waals surface area contributed by atoms with Crippen LogP contribution in [0, 0.1) is 6.92 Å². The number of hydrogen-bond donors (Lipinski definition) is 1. The third kappa shape index (κ3) is 3.11. The summed E-state index contributed by atoms with van der Waals surface area (Å²) in [4.78, 5) is 26.3. The van der Waals surface area contributed by atoms with Crippen molar-refractivity contribution in [2.24, 2.45) is 0 Å². The van der Waals surface area contributed by atoms with Crippen LogP contribution in [0.5, 0.6) is 5.75 Å². The van der Waals surface area contributed by atoms with E-state index in [-0.39, 0.29) is 18.2 Å². The van der Waals surface area contributed by atoms with Crippen molar-refractivity contribution in [1.82, 2.24) is 0 Å². The Morgan fingerprint density at radius 2 is 1.83 bits per heavy atom. The molecular weight excluding hydrogens is 304 g/mol. The summed E-state index contributed by atoms with van der Waals surface area (Å²) in [7, 11) is 0. The minimum atomic E-state index is -0.546. The van der Waals surface area contributed by atoms with Crippen LogP contribution >= 0.6 is 0 Å². The number of rotatable bonds is 5. The molecule has 2 amide bonds. The van der Waals surface area contributed by atoms with Gasteiger partial charge >= 0.3 is 0 Å². The van der Waals surface area contributed by atoms with Gasteiger partial charge in [0.05, 0.1) is 18.7 Å². The zero-order chi connectivity index (χ0) is 17.1. The SMILES string of the molecule is CCOc1ccc(NC2CC(=O)N(c3ccccc3C)C2=O)cc1. The van der Waals surface area contributed by atoms with E-state index in [1.165, 1.54) is 4.90 Å². The first-order valence-corrected chi connectivity index (χ1v) is 8.02. The summed E-state index contributed by atoms with van der Waals surface area (Å²) in [6, 6.07) is 14.2. The molecule has 0 radical (unpaired) electrons. The van der Waals surface area contributed by atoms with Crippen LogP contribution in [-0.2, 0) is 9.59 Å². The summed E-state index contributed by atoms with van der Waals surface area (Å²) in [5.74, 6) is 0.374. The molecule has 1 heterocycles. The first-order chi connectivity index (χ1) is 11.6. The quantitative estimate of drug-likeness (QED) is 0.859. The lowest BCUT2D eigenvalue weighted by molar-refractivity contribution is -0.121. The average molecular weight is 324 g/mol. The average Bonchev–Trinajstić information content (AvgIpc) is 2.84. The van der Waals surface area contributed by atoms with Gasteiger partial charge in [-0.1, -0.05) is 18.2 Å². The number of carbonyl (C=O) groups is 2. The van der Waals surface area contributed by atoms with Crippen molar-refractivity contribution < 1.29 is 14.3 Å². The molecule has 124 valence electrons. The summed E-state index contributed by atoms with van der Waals surface area (Å²) in [6.07, 6.45) is 0.153. The molecule has 1 atom stereocenters. The smallest absolute Gasteiger partial charge is 0.256 e. The van der Waals surface area contributed by atoms with Gasteiger partial charge in [-0.15, -0.1) is 0 Å². The molecule has 1 aliphatic rings. The first-order valence-electron chi connectivity index (χ1n) is 8.02. The molecule has 1 saturated heterocycles. The van der Waals surface area contributed by atoms with Crippen LogP contribution in [0.4, 0.5) is 11.4 Å². The number of aryl methyl sites for hydroxylation is 1. The zero-order valence-electron chi connectivity index (χ0n) is 13.8. The van der Waals surface area contributed by atoms with Crippen LogP contribution < -0.4 is 15.0 Å². The van der Waals surface area contributed by atoms with Crippen molar-refractivity contribution >= 4 is 23.2 Å². The van der Waals surface area contributed by atoms with E-state index >= 15 is 0 Å². The van der Waals surface area contributed by atoms with Gasteiger partial charge in [0.25, 0.3) is 5.91 Å². The Morgan fingerprint density at radius 3 is 2.50 bits per heavy atom. The van der Waals surface area contributed by atoms with Gasteiger partial charge in [0.1, 0.15) is 11.8 Å². The lowest BCUT2D eigenvalue weighted by Crippen LogP contribution is -2.35. The lowest BCUT2D eigenvalue weighted by atomic mass is 10.2. The molecule has 1 aliphatic heterocycles. The molecule has 0 aromatic heterocycles. The lowest BCUT2D eigenvalue weighted by Gasteiger charge is -2.18. The minimum Gasteiger partial charge on any atom is -0.494 e. The Kier molecular flexibility index (Phi) is 4.51. The first kappa shape index (κ1) is 16.1. The van der Waals surface area contributed by atoms with E-state index < -0.39 is 6.04 Å². The highest BCUT2D eigenvalue weighted by Crippen LogP contribution is 2.27. The number of amides is 2. The van der Waals surface area contributed by atoms with E-state index in [9.17, 15) is 9.59 Å². The van der Waals surface area contributed by atoms with E-state index in [2.05, 4.69) is 5.32 Å². The van der Waals surface area contributed by atoms with Gasteiger partial charge in [-0.25, -0.2) is 4.90 Å². The second kappa shape index (κ2) is 6.74. The van der Waals surface area contributed by atoms with Gasteiger partial charge < -0.3 is 10.1 Å². The normalized spacial score (nSPS) is 17.2. The van der Waals surface area contributed by atoms with Crippen LogP contribution in [0.3, 0.4) is 0 Å². The zero-order valence-corrected chi connectivity index (χ0v) is 13.8. The Morgan fingerprint density at radius 1 is 1.12 bits per heavy atom. The fraction of sp³-hybridized carbons (Fsp3) is 0.263. The van der Waals surface area contributed by atoms with Gasteiger partial charge in [-0.05, 0) is 49.7 Å². The summed E-state index contributed by atoms with van der Waals surface area (Å²) in [5, 5.41) is 3.14. The Balaban J connectivity index is 1.75. The topological polar surface area (TPSA) is 58.6 Å². The molecule has 0 aliphatic carbocycles. The molecule has 1 unspecified atom stereocenters. The molecule has 5 nitrogen and oxygen atoms in total. The van der Waals surface area contributed by atoms with Gasteiger partial charge in [-0.2, -0.15) is 0 Å². The highest BCUT2D eigenvalue weighted by atomic mass is 16.5. The van der Waals surface area contributed by atoms with Gasteiger partial charge in [0, 0.05) is 5.69 Å². The van der Waals surface area contributed by atoms with Crippen LogP contribution in [-0.4, -0.2) is 24.5 Å². The van der Waals surface area contributed by atoms with E-state index in [0.29, 0.717) is 12.3 Å². The Hall–Kier alpha value is -2.82. The van der Waals surface area contributed by atoms with Crippen LogP contribution in [0.25, 0.3) is 0 Å². The predicted octanol–water partition coefficient (Wildman–Crippen LogP) is 3.14. The van der Waals surface area contributed by atoms with Crippen molar-refractivity contribution in [3.8, 4) is 5.75 Å². The van der Waals surface area contributed by atoms with Crippen molar-refractivity contribution in [3.05, 3.63) is 54.1 Å². The van der Waals surface area contributed by atoms with E-state index in [1.807, 2.05) is 56.3 Å². The number of nitrogens with zero attached hydrogens (tertiary/aromatic N) is 1. The van der Waals surface area contributed by atoms with E-state index in [0.717, 1.165) is 17.0 Å². The van der Waals surface area contributed by atoms with E-state index in [4.69, 9.17) is 4.74 Å². The molecular formula is C19H20N2O3. The molecule has 0 spiro atoms. The molecule has 2 aromatic rings. The predicted molar refractivity (Wildman–Crippen MR) is 93.3 cm³/mol. The second-order valence-electron chi connectivity index (χ2n) is 5.71. The number of hydrogen-bond acceptors (Lipinski definition) is 4. The summed E-state index contributed by atoms with van der Waals surface area (Å²) in [6.45, 7) is 4.42. The number of anilines is 2. The highest BCUT2D eigenvalue weighted by Gasteiger charge is 2.40. The number of nitrogens with one attached hydrogen (secondary N) is 1. The molecule has 1 N–H and O–H groups in total. The number of carbonyl (C=O) groups excluding carboxylic acids is 2. The molecule has 1 fully saturated rings. The maximum absolute atomic E-state index is 12.7. The fourth-order valence-corrected chi connectivity index (χ4v) is 2.83. The molecule has 0 saturated carbocycles. The monoisotopic (exact) mass is 324 g/mol. The molecule has 24 heavy (non-hydrogen) atoms. The van der Waals surface area contributed by atoms with Gasteiger partial charge in [-0.3, -0.25) is 9.59 Å². The number of benzene rings is 2. The summed E-state index contributed by atoms with van der Waals surface area (Å²) < 4.78 is 5.40. The molecule has 5 heteroatoms. The van der Waals surface area contributed by atoms with Crippen LogP contribution in [0.2, 0.25) is 0 Å². The maximum Gasteiger partial charge on any atom is 0.256 e. The number of para-hydroxylation sites is 1. The van der Waals surface area contributed by atoms with Crippen LogP contribution in [0.15, 0.2) is 48.5 Å². The Bertz CT molecular complexity index is 755. The molecule has 3 rings (SSSR count). The van der Waals surface area contributed by atoms with Crippen LogP contribution in [0.1, 0.15) is 18.9 Å². The second-order valence-corrected chi connectivity index (χ2v) is 5.71. The third-order valence-corrected chi connectivity index (χ3v) is 4.01. The number of imide groups is 1. The van der Waals surface area contributed by atoms with Crippen molar-refractivity contribution in [3.63, 3.8) is 0 Å². The highest BCUT2D eigenvalue weighted by molar-refractivity contribution is 6.23. The number of ether oxygens (including phenoxy) is 1. The van der Waals surface area contributed by atoms with Crippen molar-refractivity contribution in [2.75, 3.05) is 16.8 Å². The molecule has 0 bridgehead atoms. The Labute approximate surface area is 141 Å². The largest absolute Gasteiger partial charge is 0.494 e. The minimum absolute atomic E-state index is 0.153. The van der Waals surface area contributed by atoms with Gasteiger partial charge in [0.2, 0.25) is 5.91 Å². The van der Waals surface area contributed by atoms with E-state index in [1.54, 1.807) is 6.07 Å². The standard InChI is InChI=1S/C19H20N2O3/c1-3-24-15-10-8-14(9-11-15)20-16-12-18(22)21(19(16)23)17-7-5-4-6-13(17)2/h4-11,16,20H,3,12H2,1-2H3. The third-order valence-electron chi connectivity index (χ3n) is 4.01. The fourth-order valence-electron chi connectivity index (χ4n) is 2.83. The molecule has 2 aromatic carbocycles. The van der Waals surface area contributed by atoms with Crippen molar-refractivity contribution in [1.29, 1.82) is 0 Å². The van der Waals surface area contributed by atoms with Crippen molar-refractivity contribution in [2.45, 2.75) is 26.3 Å².